The lowest BCUT2D eigenvalue weighted by Gasteiger charge is -2.27. The highest BCUT2D eigenvalue weighted by Gasteiger charge is 2.26. The number of rotatable bonds is 8. The van der Waals surface area contributed by atoms with E-state index in [0.29, 0.717) is 5.56 Å². The topological polar surface area (TPSA) is 60.8 Å². The number of aryl methyl sites for hydroxylation is 1. The molecule has 2 aromatic rings. The Labute approximate surface area is 186 Å². The fourth-order valence-corrected chi connectivity index (χ4v) is 4.59. The maximum atomic E-state index is 12.5. The Morgan fingerprint density at radius 3 is 2.55 bits per heavy atom. The molecule has 1 aliphatic rings. The van der Waals surface area contributed by atoms with Crippen molar-refractivity contribution >= 4 is 11.6 Å². The van der Waals surface area contributed by atoms with E-state index in [1.54, 1.807) is 11.8 Å². The van der Waals surface area contributed by atoms with Crippen LogP contribution in [0.2, 0.25) is 0 Å². The summed E-state index contributed by atoms with van der Waals surface area (Å²) in [5.74, 6) is 0.232. The van der Waals surface area contributed by atoms with Gasteiger partial charge in [0.15, 0.2) is 0 Å². The maximum Gasteiger partial charge on any atom is 0.224 e. The van der Waals surface area contributed by atoms with Gasteiger partial charge in [0, 0.05) is 29.7 Å². The molecule has 0 saturated carbocycles. The number of hydrogen-bond acceptors (Lipinski definition) is 3. The summed E-state index contributed by atoms with van der Waals surface area (Å²) in [4.78, 5) is 14.2. The van der Waals surface area contributed by atoms with Gasteiger partial charge in [-0.05, 0) is 62.8 Å². The molecule has 0 aromatic heterocycles. The van der Waals surface area contributed by atoms with Gasteiger partial charge in [0.1, 0.15) is 11.5 Å². The van der Waals surface area contributed by atoms with Gasteiger partial charge in [-0.15, -0.1) is 0 Å². The molecular formula is C27H35NO3. The van der Waals surface area contributed by atoms with E-state index < -0.39 is 0 Å². The molecular weight excluding hydrogens is 386 g/mol. The maximum absolute atomic E-state index is 12.5. The van der Waals surface area contributed by atoms with Crippen LogP contribution in [-0.4, -0.2) is 16.1 Å². The van der Waals surface area contributed by atoms with E-state index in [1.165, 1.54) is 5.57 Å². The molecule has 0 heterocycles. The minimum atomic E-state index is -0.0758. The summed E-state index contributed by atoms with van der Waals surface area (Å²) in [6.07, 6.45) is 9.11. The largest absolute Gasteiger partial charge is 0.507 e. The molecule has 0 radical (unpaired) electrons. The third-order valence-corrected chi connectivity index (χ3v) is 6.27. The Morgan fingerprint density at radius 1 is 1.16 bits per heavy atom. The zero-order chi connectivity index (χ0) is 22.4. The van der Waals surface area contributed by atoms with Crippen molar-refractivity contribution in [3.05, 3.63) is 64.7 Å². The number of nitrogens with zero attached hydrogens (tertiary/aromatic N) is 1. The van der Waals surface area contributed by atoms with E-state index in [2.05, 4.69) is 19.9 Å². The van der Waals surface area contributed by atoms with Crippen LogP contribution in [0.15, 0.2) is 48.0 Å². The number of benzene rings is 2. The lowest BCUT2D eigenvalue weighted by Crippen LogP contribution is -2.28. The van der Waals surface area contributed by atoms with Crippen molar-refractivity contribution in [3.63, 3.8) is 0 Å². The molecule has 0 bridgehead atoms. The average molecular weight is 422 g/mol. The van der Waals surface area contributed by atoms with Crippen LogP contribution in [0.25, 0.3) is 0 Å². The summed E-state index contributed by atoms with van der Waals surface area (Å²) in [7, 11) is 0. The van der Waals surface area contributed by atoms with E-state index in [4.69, 9.17) is 0 Å². The fourth-order valence-electron chi connectivity index (χ4n) is 4.59. The first-order chi connectivity index (χ1) is 14.9. The van der Waals surface area contributed by atoms with Crippen molar-refractivity contribution < 1.29 is 15.0 Å². The molecule has 0 fully saturated rings. The van der Waals surface area contributed by atoms with Crippen molar-refractivity contribution in [3.8, 4) is 11.5 Å². The fraction of sp³-hybridized carbons (Fsp3) is 0.444. The van der Waals surface area contributed by atoms with Gasteiger partial charge in [0.25, 0.3) is 0 Å². The number of anilines is 1. The summed E-state index contributed by atoms with van der Waals surface area (Å²) < 4.78 is 0. The van der Waals surface area contributed by atoms with Gasteiger partial charge in [0.2, 0.25) is 5.91 Å². The van der Waals surface area contributed by atoms with E-state index in [9.17, 15) is 15.0 Å². The Hall–Kier alpha value is -2.75. The lowest BCUT2D eigenvalue weighted by atomic mass is 9.83. The number of hydrogen-bond donors (Lipinski definition) is 2. The van der Waals surface area contributed by atoms with Gasteiger partial charge in [-0.2, -0.15) is 0 Å². The first-order valence-corrected chi connectivity index (χ1v) is 11.5. The molecule has 1 aliphatic carbocycles. The van der Waals surface area contributed by atoms with Crippen LogP contribution >= 0.6 is 0 Å². The van der Waals surface area contributed by atoms with E-state index >= 15 is 0 Å². The number of carbonyl (C=O) groups is 1. The third-order valence-electron chi connectivity index (χ3n) is 6.27. The van der Waals surface area contributed by atoms with E-state index in [1.807, 2.05) is 36.4 Å². The second-order valence-electron chi connectivity index (χ2n) is 8.71. The number of phenolic OH excluding ortho intramolecular Hbond substituents is 2. The molecule has 2 aromatic carbocycles. The highest BCUT2D eigenvalue weighted by molar-refractivity contribution is 5.91. The molecule has 0 saturated heterocycles. The average Bonchev–Trinajstić information content (AvgIpc) is 2.74. The second kappa shape index (κ2) is 10.5. The summed E-state index contributed by atoms with van der Waals surface area (Å²) in [6.45, 7) is 6.10. The summed E-state index contributed by atoms with van der Waals surface area (Å²) in [5.41, 5.74) is 4.37. The third kappa shape index (κ3) is 5.49. The predicted molar refractivity (Wildman–Crippen MR) is 127 cm³/mol. The van der Waals surface area contributed by atoms with Gasteiger partial charge >= 0.3 is 0 Å². The number of aromatic hydroxyl groups is 2. The molecule has 2 N–H and O–H groups in total. The SMILES string of the molecule is CCCCCc1cc(O)c(C2C=C(C)CCC2)c(O)c1CN(C(C)=O)c1ccccc1. The number of para-hydroxylation sites is 1. The number of unbranched alkanes of at least 4 members (excludes halogenated alkanes) is 2. The molecule has 1 unspecified atom stereocenters. The summed E-state index contributed by atoms with van der Waals surface area (Å²) in [6, 6.07) is 11.4. The summed E-state index contributed by atoms with van der Waals surface area (Å²) >= 11 is 0. The molecule has 3 rings (SSSR count). The molecule has 1 amide bonds. The van der Waals surface area contributed by atoms with Gasteiger partial charge in [0.05, 0.1) is 6.54 Å². The van der Waals surface area contributed by atoms with Crippen molar-refractivity contribution in [1.82, 2.24) is 0 Å². The van der Waals surface area contributed by atoms with Crippen molar-refractivity contribution in [2.45, 2.75) is 78.2 Å². The number of phenols is 2. The smallest absolute Gasteiger partial charge is 0.224 e. The van der Waals surface area contributed by atoms with Crippen LogP contribution in [-0.2, 0) is 17.8 Å². The Bertz CT molecular complexity index is 933. The lowest BCUT2D eigenvalue weighted by molar-refractivity contribution is -0.116. The Morgan fingerprint density at radius 2 is 1.90 bits per heavy atom. The van der Waals surface area contributed by atoms with Gasteiger partial charge in [-0.25, -0.2) is 0 Å². The molecule has 4 heteroatoms. The summed E-state index contributed by atoms with van der Waals surface area (Å²) in [5, 5.41) is 22.3. The van der Waals surface area contributed by atoms with Crippen molar-refractivity contribution in [2.24, 2.45) is 0 Å². The van der Waals surface area contributed by atoms with Crippen LogP contribution in [0.5, 0.6) is 11.5 Å². The zero-order valence-corrected chi connectivity index (χ0v) is 19.0. The molecule has 0 spiro atoms. The highest BCUT2D eigenvalue weighted by Crippen LogP contribution is 2.44. The van der Waals surface area contributed by atoms with Crippen LogP contribution in [0.1, 0.15) is 81.9 Å². The second-order valence-corrected chi connectivity index (χ2v) is 8.71. The predicted octanol–water partition coefficient (Wildman–Crippen LogP) is 6.60. The van der Waals surface area contributed by atoms with Crippen molar-refractivity contribution in [2.75, 3.05) is 4.90 Å². The van der Waals surface area contributed by atoms with E-state index in [0.717, 1.165) is 61.8 Å². The molecule has 166 valence electrons. The highest BCUT2D eigenvalue weighted by atomic mass is 16.3. The Kier molecular flexibility index (Phi) is 7.78. The first kappa shape index (κ1) is 22.9. The quantitative estimate of drug-likeness (QED) is 0.373. The van der Waals surface area contributed by atoms with Crippen LogP contribution < -0.4 is 4.90 Å². The zero-order valence-electron chi connectivity index (χ0n) is 19.0. The van der Waals surface area contributed by atoms with Crippen LogP contribution in [0.4, 0.5) is 5.69 Å². The normalized spacial score (nSPS) is 16.1. The minimum Gasteiger partial charge on any atom is -0.507 e. The monoisotopic (exact) mass is 421 g/mol. The number of carbonyl (C=O) groups excluding carboxylic acids is 1. The molecule has 0 aliphatic heterocycles. The van der Waals surface area contributed by atoms with Crippen molar-refractivity contribution in [1.29, 1.82) is 0 Å². The van der Waals surface area contributed by atoms with E-state index in [-0.39, 0.29) is 29.9 Å². The number of amides is 1. The molecule has 4 nitrogen and oxygen atoms in total. The Balaban J connectivity index is 2.07. The van der Waals surface area contributed by atoms with Gasteiger partial charge in [-0.3, -0.25) is 4.79 Å². The molecule has 1 atom stereocenters. The van der Waals surface area contributed by atoms with Crippen LogP contribution in [0, 0.1) is 0 Å². The first-order valence-electron chi connectivity index (χ1n) is 11.5. The van der Waals surface area contributed by atoms with Gasteiger partial charge < -0.3 is 15.1 Å². The van der Waals surface area contributed by atoms with Gasteiger partial charge in [-0.1, -0.05) is 49.6 Å². The molecule has 31 heavy (non-hydrogen) atoms. The minimum absolute atomic E-state index is 0.000282. The standard InChI is InChI=1S/C27H35NO3/c1-4-5-7-12-21-17-25(30)26(22-13-10-11-19(2)16-22)27(31)24(21)18-28(20(3)29)23-14-8-6-9-15-23/h6,8-9,14-17,22,30-31H,4-5,7,10-13,18H2,1-3H3. The number of allylic oxidation sites excluding steroid dienone is 2. The van der Waals surface area contributed by atoms with Crippen LogP contribution in [0.3, 0.4) is 0 Å².